The minimum Gasteiger partial charge on any atom is -0.394 e. The molecule has 13 heavy (non-hydrogen) atoms. The number of aliphatic hydroxyl groups is 3. The second kappa shape index (κ2) is 4.91. The van der Waals surface area contributed by atoms with Crippen molar-refractivity contribution in [2.75, 3.05) is 19.8 Å². The van der Waals surface area contributed by atoms with E-state index in [0.717, 1.165) is 0 Å². The van der Waals surface area contributed by atoms with Crippen molar-refractivity contribution in [3.05, 3.63) is 0 Å². The van der Waals surface area contributed by atoms with E-state index < -0.39 is 11.1 Å². The number of aliphatic hydroxyl groups excluding tert-OH is 2. The summed E-state index contributed by atoms with van der Waals surface area (Å²) in [7, 11) is 0. The van der Waals surface area contributed by atoms with Crippen LogP contribution >= 0.6 is 0 Å². The third-order valence-corrected chi connectivity index (χ3v) is 2.36. The second-order valence-corrected chi connectivity index (χ2v) is 4.08. The van der Waals surface area contributed by atoms with Crippen molar-refractivity contribution in [3.8, 4) is 0 Å². The summed E-state index contributed by atoms with van der Waals surface area (Å²) < 4.78 is 0. The van der Waals surface area contributed by atoms with Gasteiger partial charge in [0.05, 0.1) is 24.4 Å². The summed E-state index contributed by atoms with van der Waals surface area (Å²) in [6.45, 7) is 5.37. The van der Waals surface area contributed by atoms with Gasteiger partial charge in [-0.1, -0.05) is 6.92 Å². The van der Waals surface area contributed by atoms with Crippen molar-refractivity contribution in [1.29, 1.82) is 0 Å². The molecular formula is C9H21NO3. The predicted octanol–water partition coefficient (Wildman–Crippen LogP) is -0.520. The Morgan fingerprint density at radius 3 is 1.92 bits per heavy atom. The molecule has 0 aromatic carbocycles. The van der Waals surface area contributed by atoms with Crippen molar-refractivity contribution in [1.82, 2.24) is 5.32 Å². The summed E-state index contributed by atoms with van der Waals surface area (Å²) in [6.07, 6.45) is 0.632. The van der Waals surface area contributed by atoms with Crippen LogP contribution in [0, 0.1) is 0 Å². The van der Waals surface area contributed by atoms with E-state index in [4.69, 9.17) is 10.2 Å². The van der Waals surface area contributed by atoms with Crippen molar-refractivity contribution in [2.24, 2.45) is 0 Å². The van der Waals surface area contributed by atoms with Crippen LogP contribution in [0.5, 0.6) is 0 Å². The Hall–Kier alpha value is -0.160. The standard InChI is InChI=1S/C9H21NO3/c1-4-9(3,13)5-10-8(2,6-11)7-12/h10-13H,4-7H2,1-3H3. The fourth-order valence-corrected chi connectivity index (χ4v) is 0.691. The van der Waals surface area contributed by atoms with Gasteiger partial charge in [0, 0.05) is 6.54 Å². The third-order valence-electron chi connectivity index (χ3n) is 2.36. The third kappa shape index (κ3) is 4.57. The van der Waals surface area contributed by atoms with Crippen LogP contribution in [0.15, 0.2) is 0 Å². The number of β-amino-alcohol motifs (C(OH)–C–C–N with tert-alkyl or cyclic N) is 1. The first-order chi connectivity index (χ1) is 5.89. The van der Waals surface area contributed by atoms with Gasteiger partial charge in [-0.05, 0) is 20.3 Å². The molecule has 0 saturated carbocycles. The zero-order valence-corrected chi connectivity index (χ0v) is 8.67. The van der Waals surface area contributed by atoms with E-state index in [9.17, 15) is 5.11 Å². The van der Waals surface area contributed by atoms with E-state index in [1.165, 1.54) is 0 Å². The molecule has 0 heterocycles. The van der Waals surface area contributed by atoms with Crippen molar-refractivity contribution >= 4 is 0 Å². The lowest BCUT2D eigenvalue weighted by atomic mass is 10.00. The highest BCUT2D eigenvalue weighted by Gasteiger charge is 2.26. The molecule has 1 unspecified atom stereocenters. The Bertz CT molecular complexity index is 144. The number of nitrogens with one attached hydrogen (secondary N) is 1. The van der Waals surface area contributed by atoms with Gasteiger partial charge in [0.2, 0.25) is 0 Å². The molecule has 0 spiro atoms. The molecule has 0 aliphatic rings. The Balaban J connectivity index is 3.99. The summed E-state index contributed by atoms with van der Waals surface area (Å²) in [5.74, 6) is 0. The molecule has 80 valence electrons. The zero-order valence-electron chi connectivity index (χ0n) is 8.67. The average Bonchev–Trinajstić information content (AvgIpc) is 2.14. The van der Waals surface area contributed by atoms with E-state index >= 15 is 0 Å². The molecule has 0 saturated heterocycles. The summed E-state index contributed by atoms with van der Waals surface area (Å²) in [4.78, 5) is 0. The van der Waals surface area contributed by atoms with E-state index in [1.54, 1.807) is 13.8 Å². The number of hydrogen-bond donors (Lipinski definition) is 4. The van der Waals surface area contributed by atoms with Gasteiger partial charge >= 0.3 is 0 Å². The number of rotatable bonds is 6. The van der Waals surface area contributed by atoms with Crippen LogP contribution in [0.4, 0.5) is 0 Å². The van der Waals surface area contributed by atoms with Gasteiger partial charge in [-0.3, -0.25) is 0 Å². The highest BCUT2D eigenvalue weighted by atomic mass is 16.3. The van der Waals surface area contributed by atoms with Crippen LogP contribution < -0.4 is 5.32 Å². The molecule has 0 bridgehead atoms. The van der Waals surface area contributed by atoms with Crippen LogP contribution in [0.3, 0.4) is 0 Å². The Labute approximate surface area is 79.6 Å². The first-order valence-electron chi connectivity index (χ1n) is 4.58. The van der Waals surface area contributed by atoms with Gasteiger partial charge in [-0.25, -0.2) is 0 Å². The van der Waals surface area contributed by atoms with Crippen LogP contribution in [-0.4, -0.2) is 46.2 Å². The molecule has 4 nitrogen and oxygen atoms in total. The molecule has 0 aromatic heterocycles. The molecule has 0 fully saturated rings. The molecule has 4 heteroatoms. The maximum Gasteiger partial charge on any atom is 0.0741 e. The van der Waals surface area contributed by atoms with Gasteiger partial charge in [0.1, 0.15) is 0 Å². The summed E-state index contributed by atoms with van der Waals surface area (Å²) >= 11 is 0. The normalized spacial score (nSPS) is 17.1. The van der Waals surface area contributed by atoms with Crippen molar-refractivity contribution in [2.45, 2.75) is 38.3 Å². The zero-order chi connectivity index (χ0) is 10.5. The first-order valence-corrected chi connectivity index (χ1v) is 4.58. The molecular weight excluding hydrogens is 170 g/mol. The largest absolute Gasteiger partial charge is 0.394 e. The molecule has 1 atom stereocenters. The molecule has 0 aliphatic carbocycles. The lowest BCUT2D eigenvalue weighted by Crippen LogP contribution is -2.53. The van der Waals surface area contributed by atoms with Crippen LogP contribution in [0.2, 0.25) is 0 Å². The molecule has 4 N–H and O–H groups in total. The summed E-state index contributed by atoms with van der Waals surface area (Å²) in [5.41, 5.74) is -1.50. The Kier molecular flexibility index (Phi) is 4.85. The predicted molar refractivity (Wildman–Crippen MR) is 51.5 cm³/mol. The maximum absolute atomic E-state index is 9.65. The van der Waals surface area contributed by atoms with Gasteiger partial charge in [-0.2, -0.15) is 0 Å². The van der Waals surface area contributed by atoms with Crippen LogP contribution in [-0.2, 0) is 0 Å². The lowest BCUT2D eigenvalue weighted by Gasteiger charge is -2.31. The van der Waals surface area contributed by atoms with Gasteiger partial charge in [-0.15, -0.1) is 0 Å². The summed E-state index contributed by atoms with van der Waals surface area (Å²) in [5, 5.41) is 30.5. The SMILES string of the molecule is CCC(C)(O)CNC(C)(CO)CO. The molecule has 0 rings (SSSR count). The van der Waals surface area contributed by atoms with Crippen molar-refractivity contribution in [3.63, 3.8) is 0 Å². The highest BCUT2D eigenvalue weighted by molar-refractivity contribution is 4.85. The first kappa shape index (κ1) is 12.8. The summed E-state index contributed by atoms with van der Waals surface area (Å²) in [6, 6.07) is 0. The van der Waals surface area contributed by atoms with Crippen LogP contribution in [0.1, 0.15) is 27.2 Å². The second-order valence-electron chi connectivity index (χ2n) is 4.08. The van der Waals surface area contributed by atoms with Gasteiger partial charge in [0.15, 0.2) is 0 Å². The highest BCUT2D eigenvalue weighted by Crippen LogP contribution is 2.09. The maximum atomic E-state index is 9.65. The van der Waals surface area contributed by atoms with E-state index in [-0.39, 0.29) is 13.2 Å². The average molecular weight is 191 g/mol. The molecule has 0 amide bonds. The topological polar surface area (TPSA) is 72.7 Å². The van der Waals surface area contributed by atoms with E-state index in [2.05, 4.69) is 5.32 Å². The molecule has 0 aromatic rings. The molecule has 0 aliphatic heterocycles. The fraction of sp³-hybridized carbons (Fsp3) is 1.00. The Morgan fingerprint density at radius 1 is 1.15 bits per heavy atom. The van der Waals surface area contributed by atoms with Gasteiger partial charge in [0.25, 0.3) is 0 Å². The minimum absolute atomic E-state index is 0.150. The smallest absolute Gasteiger partial charge is 0.0741 e. The van der Waals surface area contributed by atoms with Gasteiger partial charge < -0.3 is 20.6 Å². The monoisotopic (exact) mass is 191 g/mol. The van der Waals surface area contributed by atoms with Crippen molar-refractivity contribution < 1.29 is 15.3 Å². The van der Waals surface area contributed by atoms with Crippen LogP contribution in [0.25, 0.3) is 0 Å². The quantitative estimate of drug-likeness (QED) is 0.456. The minimum atomic E-state index is -0.786. The Morgan fingerprint density at radius 2 is 1.62 bits per heavy atom. The fourth-order valence-electron chi connectivity index (χ4n) is 0.691. The molecule has 0 radical (unpaired) electrons. The lowest BCUT2D eigenvalue weighted by molar-refractivity contribution is 0.0300. The van der Waals surface area contributed by atoms with E-state index in [0.29, 0.717) is 13.0 Å². The number of hydrogen-bond acceptors (Lipinski definition) is 4. The van der Waals surface area contributed by atoms with E-state index in [1.807, 2.05) is 6.92 Å².